The van der Waals surface area contributed by atoms with Gasteiger partial charge in [-0.2, -0.15) is 0 Å². The first-order valence-electron chi connectivity index (χ1n) is 3.44. The monoisotopic (exact) mass is 160 g/mol. The van der Waals surface area contributed by atoms with E-state index < -0.39 is 0 Å². The molecule has 9 heavy (non-hydrogen) atoms. The Hall–Kier alpha value is -0.0962. The van der Waals surface area contributed by atoms with Crippen molar-refractivity contribution < 1.29 is 0 Å². The summed E-state index contributed by atoms with van der Waals surface area (Å²) in [4.78, 5) is 6.53. The summed E-state index contributed by atoms with van der Waals surface area (Å²) in [6.45, 7) is 2.08. The molecule has 4 heteroatoms. The highest BCUT2D eigenvalue weighted by molar-refractivity contribution is 6.11. The van der Waals surface area contributed by atoms with Crippen LogP contribution in [0.5, 0.6) is 0 Å². The standard InChI is InChI=1S/C5H16N2Si2/c1-5(6-3-8)7(2)4-9/h3-4H2,1-2,8-9H3. The second-order valence-electron chi connectivity index (χ2n) is 2.04. The Balaban J connectivity index is 3.70. The van der Waals surface area contributed by atoms with Gasteiger partial charge in [-0.25, -0.2) is 0 Å². The average Bonchev–Trinajstić information content (AvgIpc) is 1.87. The van der Waals surface area contributed by atoms with E-state index in [0.29, 0.717) is 0 Å². The van der Waals surface area contributed by atoms with Gasteiger partial charge in [-0.1, -0.05) is 0 Å². The Morgan fingerprint density at radius 2 is 2.11 bits per heavy atom. The van der Waals surface area contributed by atoms with E-state index in [0.717, 1.165) is 6.17 Å². The first-order valence-corrected chi connectivity index (χ1v) is 6.27. The Labute approximate surface area is 63.2 Å². The summed E-state index contributed by atoms with van der Waals surface area (Å²) in [5, 5.41) is 0. The fourth-order valence-corrected chi connectivity index (χ4v) is 1.49. The smallest absolute Gasteiger partial charge is 0.0947 e. The van der Waals surface area contributed by atoms with E-state index in [1.54, 1.807) is 0 Å². The quantitative estimate of drug-likeness (QED) is 0.259. The van der Waals surface area contributed by atoms with E-state index in [1.807, 2.05) is 0 Å². The molecule has 0 N–H and O–H groups in total. The molecule has 0 spiro atoms. The second kappa shape index (κ2) is 4.75. The van der Waals surface area contributed by atoms with E-state index in [9.17, 15) is 0 Å². The zero-order valence-corrected chi connectivity index (χ0v) is 10.8. The van der Waals surface area contributed by atoms with Crippen LogP contribution in [-0.2, 0) is 0 Å². The molecule has 0 aromatic carbocycles. The third kappa shape index (κ3) is 3.47. The van der Waals surface area contributed by atoms with Crippen LogP contribution in [-0.4, -0.2) is 50.6 Å². The van der Waals surface area contributed by atoms with Gasteiger partial charge in [-0.3, -0.25) is 4.99 Å². The summed E-state index contributed by atoms with van der Waals surface area (Å²) in [6, 6.07) is 0. The van der Waals surface area contributed by atoms with Crippen LogP contribution >= 0.6 is 0 Å². The lowest BCUT2D eigenvalue weighted by Gasteiger charge is -2.15. The van der Waals surface area contributed by atoms with Crippen LogP contribution in [0.25, 0.3) is 0 Å². The van der Waals surface area contributed by atoms with Crippen molar-refractivity contribution in [2.24, 2.45) is 4.99 Å². The van der Waals surface area contributed by atoms with Gasteiger partial charge in [0.15, 0.2) is 0 Å². The molecule has 0 fully saturated rings. The predicted molar refractivity (Wildman–Crippen MR) is 50.5 cm³/mol. The maximum absolute atomic E-state index is 4.32. The normalized spacial score (nSPS) is 12.4. The van der Waals surface area contributed by atoms with Crippen molar-refractivity contribution in [3.05, 3.63) is 0 Å². The summed E-state index contributed by atoms with van der Waals surface area (Å²) in [5.74, 6) is 1.19. The first-order chi connectivity index (χ1) is 4.22. The Morgan fingerprint density at radius 1 is 1.56 bits per heavy atom. The fourth-order valence-electron chi connectivity index (χ4n) is 0.578. The molecular weight excluding hydrogens is 144 g/mol. The number of nitrogens with zero attached hydrogens (tertiary/aromatic N) is 2. The van der Waals surface area contributed by atoms with Crippen molar-refractivity contribution in [1.29, 1.82) is 0 Å². The van der Waals surface area contributed by atoms with Crippen molar-refractivity contribution in [3.8, 4) is 0 Å². The molecule has 0 amide bonds. The van der Waals surface area contributed by atoms with Gasteiger partial charge in [0.1, 0.15) is 0 Å². The molecule has 2 nitrogen and oxygen atoms in total. The minimum atomic E-state index is 1.04. The zero-order chi connectivity index (χ0) is 7.28. The molecular formula is C5H16N2Si2. The number of hydrogen-bond donors (Lipinski definition) is 0. The van der Waals surface area contributed by atoms with Gasteiger partial charge in [0.25, 0.3) is 0 Å². The molecule has 0 aliphatic rings. The van der Waals surface area contributed by atoms with E-state index in [1.165, 1.54) is 32.5 Å². The Bertz CT molecular complexity index is 103. The third-order valence-electron chi connectivity index (χ3n) is 1.41. The van der Waals surface area contributed by atoms with Crippen molar-refractivity contribution in [2.75, 3.05) is 19.4 Å². The van der Waals surface area contributed by atoms with Gasteiger partial charge in [0.2, 0.25) is 0 Å². The van der Waals surface area contributed by atoms with Crippen LogP contribution in [0.2, 0.25) is 0 Å². The molecule has 0 aliphatic heterocycles. The molecule has 0 aliphatic carbocycles. The Morgan fingerprint density at radius 3 is 2.44 bits per heavy atom. The maximum Gasteiger partial charge on any atom is 0.0947 e. The largest absolute Gasteiger partial charge is 0.368 e. The minimum Gasteiger partial charge on any atom is -0.368 e. The molecule has 0 saturated heterocycles. The maximum atomic E-state index is 4.32. The van der Waals surface area contributed by atoms with Crippen LogP contribution in [0, 0.1) is 0 Å². The second-order valence-corrected chi connectivity index (χ2v) is 3.30. The van der Waals surface area contributed by atoms with E-state index in [2.05, 4.69) is 23.9 Å². The molecule has 0 bridgehead atoms. The van der Waals surface area contributed by atoms with Crippen molar-refractivity contribution in [2.45, 2.75) is 6.92 Å². The number of rotatable bonds is 2. The highest BCUT2D eigenvalue weighted by Gasteiger charge is 1.92. The van der Waals surface area contributed by atoms with Crippen LogP contribution in [0.3, 0.4) is 0 Å². The highest BCUT2D eigenvalue weighted by Crippen LogP contribution is 1.82. The molecule has 0 radical (unpaired) electrons. The lowest BCUT2D eigenvalue weighted by molar-refractivity contribution is 0.587. The molecule has 0 rings (SSSR count). The van der Waals surface area contributed by atoms with Crippen molar-refractivity contribution in [3.63, 3.8) is 0 Å². The first kappa shape index (κ1) is 8.90. The molecule has 0 aromatic heterocycles. The fraction of sp³-hybridized carbons (Fsp3) is 0.800. The highest BCUT2D eigenvalue weighted by atomic mass is 28.1. The summed E-state index contributed by atoms with van der Waals surface area (Å²) >= 11 is 0. The van der Waals surface area contributed by atoms with Gasteiger partial charge in [0.05, 0.1) is 5.84 Å². The molecule has 0 unspecified atom stereocenters. The van der Waals surface area contributed by atoms with Gasteiger partial charge in [0, 0.05) is 39.9 Å². The van der Waals surface area contributed by atoms with E-state index >= 15 is 0 Å². The van der Waals surface area contributed by atoms with Crippen LogP contribution in [0.4, 0.5) is 0 Å². The zero-order valence-electron chi connectivity index (χ0n) is 6.81. The molecule has 0 saturated carbocycles. The van der Waals surface area contributed by atoms with Crippen LogP contribution < -0.4 is 0 Å². The number of aliphatic imine (C=N–C) groups is 1. The van der Waals surface area contributed by atoms with Gasteiger partial charge in [-0.05, 0) is 6.92 Å². The summed E-state index contributed by atoms with van der Waals surface area (Å²) in [7, 11) is 4.52. The summed E-state index contributed by atoms with van der Waals surface area (Å²) in [5.41, 5.74) is 0. The molecule has 0 heterocycles. The van der Waals surface area contributed by atoms with Crippen LogP contribution in [0.1, 0.15) is 6.92 Å². The van der Waals surface area contributed by atoms with E-state index in [-0.39, 0.29) is 0 Å². The number of amidine groups is 1. The average molecular weight is 160 g/mol. The van der Waals surface area contributed by atoms with Crippen LogP contribution in [0.15, 0.2) is 4.99 Å². The van der Waals surface area contributed by atoms with Gasteiger partial charge >= 0.3 is 0 Å². The minimum absolute atomic E-state index is 1.04. The summed E-state index contributed by atoms with van der Waals surface area (Å²) in [6.07, 6.45) is 2.23. The summed E-state index contributed by atoms with van der Waals surface area (Å²) < 4.78 is 0. The molecule has 0 aromatic rings. The molecule has 0 atom stereocenters. The SMILES string of the molecule is CC(=NC[SiH3])N(C)C[SiH3]. The molecule has 54 valence electrons. The topological polar surface area (TPSA) is 15.6 Å². The number of hydrogen-bond acceptors (Lipinski definition) is 1. The lowest BCUT2D eigenvalue weighted by Crippen LogP contribution is -2.25. The van der Waals surface area contributed by atoms with E-state index in [4.69, 9.17) is 0 Å². The lowest BCUT2D eigenvalue weighted by atomic mass is 10.6. The third-order valence-corrected chi connectivity index (χ3v) is 2.68. The Kier molecular flexibility index (Phi) is 4.70. The van der Waals surface area contributed by atoms with Crippen molar-refractivity contribution in [1.82, 2.24) is 4.90 Å². The van der Waals surface area contributed by atoms with Gasteiger partial charge < -0.3 is 4.90 Å². The van der Waals surface area contributed by atoms with Gasteiger partial charge in [-0.15, -0.1) is 0 Å². The van der Waals surface area contributed by atoms with Crippen molar-refractivity contribution >= 4 is 26.3 Å². The predicted octanol–water partition coefficient (Wildman–Crippen LogP) is -2.02.